The Hall–Kier alpha value is -5.15. The van der Waals surface area contributed by atoms with E-state index >= 15 is 0 Å². The Kier molecular flexibility index (Phi) is 5.26. The molecule has 38 heavy (non-hydrogen) atoms. The minimum absolute atomic E-state index is 0.193. The third-order valence-electron chi connectivity index (χ3n) is 6.30. The predicted molar refractivity (Wildman–Crippen MR) is 150 cm³/mol. The molecule has 7 rings (SSSR count). The number of nitrogens with zero attached hydrogens (tertiary/aromatic N) is 4. The van der Waals surface area contributed by atoms with Gasteiger partial charge in [0.15, 0.2) is 0 Å². The summed E-state index contributed by atoms with van der Waals surface area (Å²) in [4.78, 5) is 38.1. The largest absolute Gasteiger partial charge is 0.359 e. The number of H-pyrrole nitrogens is 2. The van der Waals surface area contributed by atoms with Crippen LogP contribution < -0.4 is 5.32 Å². The van der Waals surface area contributed by atoms with Crippen molar-refractivity contribution in [1.82, 2.24) is 29.9 Å². The number of carbonyl (C=O) groups excluding carboxylic acids is 1. The van der Waals surface area contributed by atoms with Crippen LogP contribution in [0.1, 0.15) is 10.4 Å². The van der Waals surface area contributed by atoms with E-state index in [9.17, 15) is 4.79 Å². The monoisotopic (exact) mass is 513 g/mol. The molecule has 8 nitrogen and oxygen atoms in total. The van der Waals surface area contributed by atoms with Gasteiger partial charge in [0.2, 0.25) is 0 Å². The second-order valence-electron chi connectivity index (χ2n) is 8.73. The maximum absolute atomic E-state index is 12.6. The highest BCUT2D eigenvalue weighted by Gasteiger charge is 2.16. The lowest BCUT2D eigenvalue weighted by Crippen LogP contribution is -2.11. The van der Waals surface area contributed by atoms with Gasteiger partial charge in [0.1, 0.15) is 11.3 Å². The first kappa shape index (κ1) is 22.1. The molecule has 0 atom stereocenters. The standard InChI is InChI=1S/C29H19N7OS/c37-29(17-4-2-1-3-5-17)33-20-12-19(13-30-14-20)22-6-7-23-26(34-22)21(15-32-23)28-35-24-8-10-31-25(27(24)36-28)18-9-11-38-16-18/h1-16,32H,(H,33,37)(H,35,36). The van der Waals surface area contributed by atoms with E-state index in [0.29, 0.717) is 17.1 Å². The summed E-state index contributed by atoms with van der Waals surface area (Å²) in [6, 6.07) is 18.8. The van der Waals surface area contributed by atoms with Gasteiger partial charge < -0.3 is 15.3 Å². The van der Waals surface area contributed by atoms with Crippen molar-refractivity contribution in [2.45, 2.75) is 0 Å². The molecular weight excluding hydrogens is 494 g/mol. The summed E-state index contributed by atoms with van der Waals surface area (Å²) < 4.78 is 0. The normalized spacial score (nSPS) is 11.3. The lowest BCUT2D eigenvalue weighted by molar-refractivity contribution is 0.102. The minimum Gasteiger partial charge on any atom is -0.359 e. The second kappa shape index (κ2) is 9.06. The average molecular weight is 514 g/mol. The predicted octanol–water partition coefficient (Wildman–Crippen LogP) is 6.54. The van der Waals surface area contributed by atoms with Crippen molar-refractivity contribution in [3.63, 3.8) is 0 Å². The molecule has 0 saturated heterocycles. The molecule has 9 heteroatoms. The van der Waals surface area contributed by atoms with Crippen molar-refractivity contribution < 1.29 is 4.79 Å². The number of hydrogen-bond donors (Lipinski definition) is 3. The minimum atomic E-state index is -0.193. The van der Waals surface area contributed by atoms with Gasteiger partial charge in [-0.15, -0.1) is 0 Å². The van der Waals surface area contributed by atoms with Gasteiger partial charge in [-0.1, -0.05) is 18.2 Å². The van der Waals surface area contributed by atoms with Crippen LogP contribution in [0.15, 0.2) is 96.2 Å². The van der Waals surface area contributed by atoms with Gasteiger partial charge in [-0.25, -0.2) is 9.97 Å². The van der Waals surface area contributed by atoms with Gasteiger partial charge in [0, 0.05) is 40.7 Å². The number of hydrogen-bond acceptors (Lipinski definition) is 6. The summed E-state index contributed by atoms with van der Waals surface area (Å²) in [7, 11) is 0. The smallest absolute Gasteiger partial charge is 0.255 e. The molecule has 6 heterocycles. The summed E-state index contributed by atoms with van der Waals surface area (Å²) >= 11 is 1.63. The van der Waals surface area contributed by atoms with Crippen molar-refractivity contribution in [3.05, 3.63) is 102 Å². The molecule has 0 unspecified atom stereocenters. The number of aromatic nitrogens is 6. The van der Waals surface area contributed by atoms with Crippen molar-refractivity contribution in [2.24, 2.45) is 0 Å². The third kappa shape index (κ3) is 3.91. The quantitative estimate of drug-likeness (QED) is 0.242. The number of amides is 1. The molecule has 182 valence electrons. The summed E-state index contributed by atoms with van der Waals surface area (Å²) in [6.45, 7) is 0. The number of rotatable bonds is 5. The summed E-state index contributed by atoms with van der Waals surface area (Å²) in [5, 5.41) is 7.02. The van der Waals surface area contributed by atoms with Crippen LogP contribution in [-0.2, 0) is 0 Å². The fourth-order valence-electron chi connectivity index (χ4n) is 4.46. The molecule has 0 spiro atoms. The lowest BCUT2D eigenvalue weighted by atomic mass is 10.1. The number of fused-ring (bicyclic) bond motifs is 2. The number of nitrogens with one attached hydrogen (secondary N) is 3. The van der Waals surface area contributed by atoms with Crippen molar-refractivity contribution >= 4 is 45.0 Å². The first-order chi connectivity index (χ1) is 18.7. The van der Waals surface area contributed by atoms with Crippen LogP contribution in [-0.4, -0.2) is 35.8 Å². The van der Waals surface area contributed by atoms with E-state index in [-0.39, 0.29) is 5.91 Å². The fourth-order valence-corrected chi connectivity index (χ4v) is 5.10. The molecule has 0 fully saturated rings. The molecule has 7 aromatic rings. The molecule has 6 aromatic heterocycles. The summed E-state index contributed by atoms with van der Waals surface area (Å²) in [5.74, 6) is 0.518. The Balaban J connectivity index is 1.25. The SMILES string of the molecule is O=C(Nc1cncc(-c2ccc3[nH]cc(-c4nc5c(-c6ccsc6)nccc5[nH]4)c3n2)c1)c1ccccc1. The molecule has 0 bridgehead atoms. The molecule has 0 aliphatic rings. The molecule has 3 N–H and O–H groups in total. The summed E-state index contributed by atoms with van der Waals surface area (Å²) in [6.07, 6.45) is 7.06. The molecule has 0 radical (unpaired) electrons. The molecule has 0 saturated carbocycles. The lowest BCUT2D eigenvalue weighted by Gasteiger charge is -2.07. The number of thiophene rings is 1. The molecular formula is C29H19N7OS. The van der Waals surface area contributed by atoms with E-state index in [2.05, 4.69) is 30.6 Å². The van der Waals surface area contributed by atoms with Crippen molar-refractivity contribution in [3.8, 4) is 33.9 Å². The first-order valence-electron chi connectivity index (χ1n) is 11.9. The first-order valence-corrected chi connectivity index (χ1v) is 12.8. The van der Waals surface area contributed by atoms with Crippen LogP contribution >= 0.6 is 11.3 Å². The van der Waals surface area contributed by atoms with E-state index in [1.165, 1.54) is 0 Å². The number of aromatic amines is 2. The van der Waals surface area contributed by atoms with Gasteiger partial charge in [0.25, 0.3) is 5.91 Å². The second-order valence-corrected chi connectivity index (χ2v) is 9.51. The molecule has 1 aromatic carbocycles. The Morgan fingerprint density at radius 1 is 0.895 bits per heavy atom. The van der Waals surface area contributed by atoms with Crippen LogP contribution in [0.2, 0.25) is 0 Å². The van der Waals surface area contributed by atoms with E-state index in [4.69, 9.17) is 9.97 Å². The number of benzene rings is 1. The van der Waals surface area contributed by atoms with Crippen molar-refractivity contribution in [1.29, 1.82) is 0 Å². The average Bonchev–Trinajstić information content (AvgIpc) is 3.73. The zero-order chi connectivity index (χ0) is 25.5. The van der Waals surface area contributed by atoms with Crippen LogP contribution in [0, 0.1) is 0 Å². The van der Waals surface area contributed by atoms with E-state index in [1.54, 1.807) is 42.1 Å². The van der Waals surface area contributed by atoms with Gasteiger partial charge in [-0.3, -0.25) is 14.8 Å². The van der Waals surface area contributed by atoms with Crippen LogP contribution in [0.5, 0.6) is 0 Å². The maximum Gasteiger partial charge on any atom is 0.255 e. The molecule has 1 amide bonds. The zero-order valence-corrected chi connectivity index (χ0v) is 20.7. The van der Waals surface area contributed by atoms with Gasteiger partial charge in [-0.2, -0.15) is 11.3 Å². The fraction of sp³-hybridized carbons (Fsp3) is 0. The van der Waals surface area contributed by atoms with Crippen LogP contribution in [0.25, 0.3) is 56.0 Å². The van der Waals surface area contributed by atoms with Crippen molar-refractivity contribution in [2.75, 3.05) is 5.32 Å². The topological polar surface area (TPSA) is 112 Å². The molecule has 0 aliphatic carbocycles. The highest BCUT2D eigenvalue weighted by Crippen LogP contribution is 2.32. The van der Waals surface area contributed by atoms with Gasteiger partial charge >= 0.3 is 0 Å². The number of imidazole rings is 1. The Morgan fingerprint density at radius 3 is 2.68 bits per heavy atom. The Labute approximate surface area is 220 Å². The van der Waals surface area contributed by atoms with Gasteiger partial charge in [0.05, 0.1) is 45.4 Å². The third-order valence-corrected chi connectivity index (χ3v) is 6.98. The van der Waals surface area contributed by atoms with Gasteiger partial charge in [-0.05, 0) is 47.8 Å². The number of carbonyl (C=O) groups is 1. The Morgan fingerprint density at radius 2 is 1.82 bits per heavy atom. The zero-order valence-electron chi connectivity index (χ0n) is 19.8. The number of anilines is 1. The van der Waals surface area contributed by atoms with E-state index < -0.39 is 0 Å². The van der Waals surface area contributed by atoms with Crippen LogP contribution in [0.4, 0.5) is 5.69 Å². The highest BCUT2D eigenvalue weighted by molar-refractivity contribution is 7.08. The van der Waals surface area contributed by atoms with E-state index in [0.717, 1.165) is 50.1 Å². The number of pyridine rings is 3. The highest BCUT2D eigenvalue weighted by atomic mass is 32.1. The summed E-state index contributed by atoms with van der Waals surface area (Å²) in [5.41, 5.74) is 8.85. The van der Waals surface area contributed by atoms with E-state index in [1.807, 2.05) is 60.1 Å². The maximum atomic E-state index is 12.6. The molecule has 0 aliphatic heterocycles. The van der Waals surface area contributed by atoms with Crippen LogP contribution in [0.3, 0.4) is 0 Å². The Bertz CT molecular complexity index is 1920.